The molecule has 0 amide bonds. The van der Waals surface area contributed by atoms with E-state index in [0.29, 0.717) is 5.92 Å². The van der Waals surface area contributed by atoms with Gasteiger partial charge in [-0.1, -0.05) is 32.9 Å². The Morgan fingerprint density at radius 3 is 2.47 bits per heavy atom. The van der Waals surface area contributed by atoms with Gasteiger partial charge in [0.25, 0.3) is 0 Å². The Morgan fingerprint density at radius 1 is 1.21 bits per heavy atom. The van der Waals surface area contributed by atoms with Crippen LogP contribution in [0.15, 0.2) is 6.20 Å². The molecule has 0 N–H and O–H groups in total. The number of hydrogen-bond acceptors (Lipinski definition) is 3. The van der Waals surface area contributed by atoms with Crippen LogP contribution in [0.25, 0.3) is 0 Å². The standard InChI is InChI=1S/C15H28N4/c1-12(2)9-19-11-15(16-17-19)10-18-7-5-14(6-8-18)13(3)4/h11-14H,5-10H2,1-4H3. The summed E-state index contributed by atoms with van der Waals surface area (Å²) < 4.78 is 1.97. The van der Waals surface area contributed by atoms with Crippen molar-refractivity contribution in [2.75, 3.05) is 13.1 Å². The van der Waals surface area contributed by atoms with Gasteiger partial charge < -0.3 is 0 Å². The first-order valence-corrected chi connectivity index (χ1v) is 7.66. The minimum Gasteiger partial charge on any atom is -0.297 e. The summed E-state index contributed by atoms with van der Waals surface area (Å²) in [6, 6.07) is 0. The molecule has 4 heteroatoms. The van der Waals surface area contributed by atoms with E-state index in [1.165, 1.54) is 25.9 Å². The maximum Gasteiger partial charge on any atom is 0.0967 e. The van der Waals surface area contributed by atoms with Crippen LogP contribution in [0.4, 0.5) is 0 Å². The van der Waals surface area contributed by atoms with Gasteiger partial charge in [-0.3, -0.25) is 9.58 Å². The van der Waals surface area contributed by atoms with Gasteiger partial charge in [0.15, 0.2) is 0 Å². The van der Waals surface area contributed by atoms with Crippen LogP contribution in [0.5, 0.6) is 0 Å². The zero-order valence-electron chi connectivity index (χ0n) is 12.8. The van der Waals surface area contributed by atoms with E-state index in [1.54, 1.807) is 0 Å². The van der Waals surface area contributed by atoms with Gasteiger partial charge in [0.05, 0.1) is 5.69 Å². The minimum atomic E-state index is 0.622. The van der Waals surface area contributed by atoms with Crippen molar-refractivity contribution in [2.45, 2.75) is 53.6 Å². The lowest BCUT2D eigenvalue weighted by Gasteiger charge is -2.33. The molecule has 0 unspecified atom stereocenters. The normalized spacial score (nSPS) is 18.6. The second-order valence-corrected chi connectivity index (χ2v) is 6.68. The van der Waals surface area contributed by atoms with Gasteiger partial charge in [-0.2, -0.15) is 0 Å². The summed E-state index contributed by atoms with van der Waals surface area (Å²) in [7, 11) is 0. The summed E-state index contributed by atoms with van der Waals surface area (Å²) in [5.74, 6) is 2.36. The highest BCUT2D eigenvalue weighted by Gasteiger charge is 2.22. The fourth-order valence-electron chi connectivity index (χ4n) is 2.88. The topological polar surface area (TPSA) is 34.0 Å². The molecule has 0 spiro atoms. The van der Waals surface area contributed by atoms with Gasteiger partial charge in [0.1, 0.15) is 0 Å². The van der Waals surface area contributed by atoms with Gasteiger partial charge in [-0.15, -0.1) is 5.10 Å². The third kappa shape index (κ3) is 4.30. The first-order valence-electron chi connectivity index (χ1n) is 7.66. The Hall–Kier alpha value is -0.900. The lowest BCUT2D eigenvalue weighted by atomic mass is 9.87. The zero-order valence-corrected chi connectivity index (χ0v) is 12.8. The molecule has 0 radical (unpaired) electrons. The molecule has 1 aliphatic rings. The third-order valence-corrected chi connectivity index (χ3v) is 4.10. The number of hydrogen-bond donors (Lipinski definition) is 0. The van der Waals surface area contributed by atoms with E-state index in [0.717, 1.165) is 30.6 Å². The lowest BCUT2D eigenvalue weighted by molar-refractivity contribution is 0.150. The van der Waals surface area contributed by atoms with Crippen LogP contribution in [-0.2, 0) is 13.1 Å². The van der Waals surface area contributed by atoms with Crippen LogP contribution >= 0.6 is 0 Å². The summed E-state index contributed by atoms with van der Waals surface area (Å²) in [6.45, 7) is 13.4. The molecular formula is C15H28N4. The Kier molecular flexibility index (Phi) is 4.97. The van der Waals surface area contributed by atoms with Gasteiger partial charge in [-0.25, -0.2) is 0 Å². The molecule has 1 aromatic heterocycles. The molecule has 19 heavy (non-hydrogen) atoms. The molecule has 1 saturated heterocycles. The van der Waals surface area contributed by atoms with E-state index < -0.39 is 0 Å². The molecular weight excluding hydrogens is 236 g/mol. The predicted molar refractivity (Wildman–Crippen MR) is 77.7 cm³/mol. The SMILES string of the molecule is CC(C)Cn1cc(CN2CCC(C(C)C)CC2)nn1. The fraction of sp³-hybridized carbons (Fsp3) is 0.867. The average Bonchev–Trinajstić information content (AvgIpc) is 2.76. The Labute approximate surface area is 117 Å². The second kappa shape index (κ2) is 6.51. The van der Waals surface area contributed by atoms with Crippen LogP contribution in [0, 0.1) is 17.8 Å². The first kappa shape index (κ1) is 14.5. The maximum atomic E-state index is 4.29. The predicted octanol–water partition coefficient (Wildman–Crippen LogP) is 2.80. The number of rotatable bonds is 5. The van der Waals surface area contributed by atoms with Crippen molar-refractivity contribution in [3.8, 4) is 0 Å². The number of likely N-dealkylation sites (tertiary alicyclic amines) is 1. The van der Waals surface area contributed by atoms with E-state index in [4.69, 9.17) is 0 Å². The Balaban J connectivity index is 1.80. The molecule has 1 aromatic rings. The highest BCUT2D eigenvalue weighted by atomic mass is 15.4. The summed E-state index contributed by atoms with van der Waals surface area (Å²) in [5.41, 5.74) is 1.11. The van der Waals surface area contributed by atoms with Gasteiger partial charge in [-0.05, 0) is 43.7 Å². The zero-order chi connectivity index (χ0) is 13.8. The Morgan fingerprint density at radius 2 is 1.89 bits per heavy atom. The van der Waals surface area contributed by atoms with Crippen LogP contribution in [0.3, 0.4) is 0 Å². The van der Waals surface area contributed by atoms with E-state index in [1.807, 2.05) is 4.68 Å². The van der Waals surface area contributed by atoms with Crippen molar-refractivity contribution in [3.05, 3.63) is 11.9 Å². The van der Waals surface area contributed by atoms with Gasteiger partial charge in [0, 0.05) is 19.3 Å². The number of piperidine rings is 1. The average molecular weight is 264 g/mol. The molecule has 4 nitrogen and oxygen atoms in total. The largest absolute Gasteiger partial charge is 0.297 e. The number of nitrogens with zero attached hydrogens (tertiary/aromatic N) is 4. The smallest absolute Gasteiger partial charge is 0.0967 e. The van der Waals surface area contributed by atoms with E-state index in [-0.39, 0.29) is 0 Å². The quantitative estimate of drug-likeness (QED) is 0.820. The van der Waals surface area contributed by atoms with Crippen molar-refractivity contribution in [1.82, 2.24) is 19.9 Å². The maximum absolute atomic E-state index is 4.29. The highest BCUT2D eigenvalue weighted by molar-refractivity contribution is 4.93. The van der Waals surface area contributed by atoms with Crippen molar-refractivity contribution in [1.29, 1.82) is 0 Å². The van der Waals surface area contributed by atoms with Crippen molar-refractivity contribution in [3.63, 3.8) is 0 Å². The van der Waals surface area contributed by atoms with Crippen LogP contribution in [0.2, 0.25) is 0 Å². The summed E-state index contributed by atoms with van der Waals surface area (Å²) in [5, 5.41) is 8.49. The molecule has 0 aromatic carbocycles. The second-order valence-electron chi connectivity index (χ2n) is 6.68. The molecule has 2 rings (SSSR count). The first-order chi connectivity index (χ1) is 9.04. The van der Waals surface area contributed by atoms with Crippen LogP contribution < -0.4 is 0 Å². The van der Waals surface area contributed by atoms with Crippen molar-refractivity contribution >= 4 is 0 Å². The molecule has 0 bridgehead atoms. The lowest BCUT2D eigenvalue weighted by Crippen LogP contribution is -2.34. The van der Waals surface area contributed by atoms with Crippen LogP contribution in [-0.4, -0.2) is 33.0 Å². The number of aromatic nitrogens is 3. The van der Waals surface area contributed by atoms with Crippen molar-refractivity contribution in [2.24, 2.45) is 17.8 Å². The van der Waals surface area contributed by atoms with E-state index in [9.17, 15) is 0 Å². The van der Waals surface area contributed by atoms with Crippen LogP contribution in [0.1, 0.15) is 46.2 Å². The summed E-state index contributed by atoms with van der Waals surface area (Å²) in [4.78, 5) is 2.52. The highest BCUT2D eigenvalue weighted by Crippen LogP contribution is 2.24. The minimum absolute atomic E-state index is 0.622. The molecule has 1 aliphatic heterocycles. The summed E-state index contributed by atoms with van der Waals surface area (Å²) in [6.07, 6.45) is 4.77. The van der Waals surface area contributed by atoms with E-state index >= 15 is 0 Å². The van der Waals surface area contributed by atoms with E-state index in [2.05, 4.69) is 49.1 Å². The monoisotopic (exact) mass is 264 g/mol. The van der Waals surface area contributed by atoms with Crippen molar-refractivity contribution < 1.29 is 0 Å². The molecule has 2 heterocycles. The Bertz CT molecular complexity index is 375. The molecule has 108 valence electrons. The van der Waals surface area contributed by atoms with Gasteiger partial charge >= 0.3 is 0 Å². The molecule has 0 atom stereocenters. The summed E-state index contributed by atoms with van der Waals surface area (Å²) >= 11 is 0. The molecule has 1 fully saturated rings. The molecule has 0 saturated carbocycles. The third-order valence-electron chi connectivity index (χ3n) is 4.10. The van der Waals surface area contributed by atoms with Gasteiger partial charge in [0.2, 0.25) is 0 Å². The fourth-order valence-corrected chi connectivity index (χ4v) is 2.88. The molecule has 0 aliphatic carbocycles.